The topological polar surface area (TPSA) is 55.1 Å². The molecule has 2 radical (unpaired) electrons. The second-order valence-corrected chi connectivity index (χ2v) is 1.43. The van der Waals surface area contributed by atoms with Crippen LogP contribution >= 0.6 is 0 Å². The summed E-state index contributed by atoms with van der Waals surface area (Å²) in [5.74, 6) is 0. The maximum Gasteiger partial charge on any atom is 0.169 e. The Kier molecular flexibility index (Phi) is 4.60. The van der Waals surface area contributed by atoms with Gasteiger partial charge in [0.2, 0.25) is 0 Å². The van der Waals surface area contributed by atoms with Crippen LogP contribution in [0.1, 0.15) is 0 Å². The van der Waals surface area contributed by atoms with Crippen LogP contribution in [0.5, 0.6) is 0 Å². The van der Waals surface area contributed by atoms with Gasteiger partial charge in [-0.2, -0.15) is 0 Å². The largest absolute Gasteiger partial charge is 0.329 e. The Bertz CT molecular complexity index is 76.4. The lowest BCUT2D eigenvalue weighted by atomic mass is 10.0. The van der Waals surface area contributed by atoms with Crippen molar-refractivity contribution in [3.63, 3.8) is 0 Å². The highest BCUT2D eigenvalue weighted by molar-refractivity contribution is 6.58. The molecule has 0 amide bonds. The van der Waals surface area contributed by atoms with Gasteiger partial charge in [-0.1, -0.05) is 0 Å². The zero-order valence-electron chi connectivity index (χ0n) is 4.68. The summed E-state index contributed by atoms with van der Waals surface area (Å²) >= 11 is 0. The number of carbonyl (C=O) groups excluding carboxylic acids is 1. The molecule has 0 aliphatic rings. The molecule has 0 aromatic carbocycles. The highest BCUT2D eigenvalue weighted by atomic mass is 16.1. The van der Waals surface area contributed by atoms with E-state index in [9.17, 15) is 4.79 Å². The van der Waals surface area contributed by atoms with Crippen molar-refractivity contribution in [1.82, 2.24) is 5.32 Å². The molecule has 0 spiro atoms. The SMILES string of the molecule is [B]C(=O)CNCCN. The first-order valence-corrected chi connectivity index (χ1v) is 2.46. The molecule has 0 unspecified atom stereocenters. The van der Waals surface area contributed by atoms with Crippen LogP contribution in [0.3, 0.4) is 0 Å². The predicted molar refractivity (Wildman–Crippen MR) is 32.7 cm³/mol. The third-order valence-electron chi connectivity index (χ3n) is 0.620. The molecule has 0 saturated heterocycles. The summed E-state index contributed by atoms with van der Waals surface area (Å²) in [6.45, 7) is 1.40. The minimum Gasteiger partial charge on any atom is -0.329 e. The van der Waals surface area contributed by atoms with Gasteiger partial charge in [0.05, 0.1) is 5.68 Å². The van der Waals surface area contributed by atoms with Crippen LogP contribution in [-0.4, -0.2) is 33.2 Å². The van der Waals surface area contributed by atoms with E-state index < -0.39 is 0 Å². The number of nitrogens with one attached hydrogen (secondary N) is 1. The summed E-state index contributed by atoms with van der Waals surface area (Å²) in [4.78, 5) is 9.99. The van der Waals surface area contributed by atoms with Crippen molar-refractivity contribution in [1.29, 1.82) is 0 Å². The Morgan fingerprint density at radius 2 is 2.38 bits per heavy atom. The standard InChI is InChI=1S/C4H9BN2O/c5-4(8)3-7-2-1-6/h7H,1-3,6H2. The van der Waals surface area contributed by atoms with Crippen molar-refractivity contribution in [2.45, 2.75) is 0 Å². The Labute approximate surface area is 50.0 Å². The summed E-state index contributed by atoms with van der Waals surface area (Å²) in [5.41, 5.74) is 4.75. The van der Waals surface area contributed by atoms with Gasteiger partial charge in [0.1, 0.15) is 0 Å². The molecule has 0 rings (SSSR count). The van der Waals surface area contributed by atoms with Crippen LogP contribution in [0.4, 0.5) is 0 Å². The third kappa shape index (κ3) is 5.65. The van der Waals surface area contributed by atoms with Crippen molar-refractivity contribution in [3.05, 3.63) is 0 Å². The first-order chi connectivity index (χ1) is 3.77. The van der Waals surface area contributed by atoms with Crippen molar-refractivity contribution in [2.24, 2.45) is 5.73 Å². The number of rotatable bonds is 4. The average Bonchev–Trinajstić information content (AvgIpc) is 1.66. The minimum absolute atomic E-state index is 0.219. The van der Waals surface area contributed by atoms with Gasteiger partial charge >= 0.3 is 0 Å². The van der Waals surface area contributed by atoms with E-state index in [1.165, 1.54) is 0 Å². The Morgan fingerprint density at radius 3 is 2.75 bits per heavy atom. The van der Waals surface area contributed by atoms with Crippen molar-refractivity contribution in [3.8, 4) is 0 Å². The van der Waals surface area contributed by atoms with E-state index >= 15 is 0 Å². The summed E-state index contributed by atoms with van der Waals surface area (Å²) in [7, 11) is 4.79. The molecule has 4 heteroatoms. The summed E-state index contributed by atoms with van der Waals surface area (Å²) in [6, 6.07) is 0. The maximum absolute atomic E-state index is 9.99. The van der Waals surface area contributed by atoms with Crippen molar-refractivity contribution in [2.75, 3.05) is 19.6 Å². The number of nitrogens with two attached hydrogens (primary N) is 1. The molecule has 8 heavy (non-hydrogen) atoms. The molecule has 0 bridgehead atoms. The zero-order chi connectivity index (χ0) is 6.41. The lowest BCUT2D eigenvalue weighted by Crippen LogP contribution is -2.28. The van der Waals surface area contributed by atoms with Crippen LogP contribution in [0.25, 0.3) is 0 Å². The molecule has 3 nitrogen and oxygen atoms in total. The quantitative estimate of drug-likeness (QED) is 0.334. The molecule has 0 saturated carbocycles. The molecular formula is C4H9BN2O. The van der Waals surface area contributed by atoms with Gasteiger partial charge in [-0.15, -0.1) is 0 Å². The molecule has 0 aliphatic carbocycles. The molecule has 0 atom stereocenters. The van der Waals surface area contributed by atoms with E-state index in [4.69, 9.17) is 13.6 Å². The van der Waals surface area contributed by atoms with Gasteiger partial charge in [0.15, 0.2) is 7.85 Å². The first-order valence-electron chi connectivity index (χ1n) is 2.46. The van der Waals surface area contributed by atoms with Crippen molar-refractivity contribution < 1.29 is 4.79 Å². The molecule has 3 N–H and O–H groups in total. The van der Waals surface area contributed by atoms with Gasteiger partial charge in [0.25, 0.3) is 0 Å². The lowest BCUT2D eigenvalue weighted by Gasteiger charge is -1.95. The average molecular weight is 112 g/mol. The molecular weight excluding hydrogens is 103 g/mol. The smallest absolute Gasteiger partial charge is 0.169 e. The van der Waals surface area contributed by atoms with E-state index in [0.29, 0.717) is 13.1 Å². The second-order valence-electron chi connectivity index (χ2n) is 1.43. The normalized spacial score (nSPS) is 9.12. The summed E-state index contributed by atoms with van der Waals surface area (Å²) in [6.07, 6.45) is 0. The van der Waals surface area contributed by atoms with Gasteiger partial charge in [-0.25, -0.2) is 0 Å². The minimum atomic E-state index is -0.349. The summed E-state index contributed by atoms with van der Waals surface area (Å²) in [5, 5.41) is 2.73. The van der Waals surface area contributed by atoms with Crippen LogP contribution in [0.15, 0.2) is 0 Å². The van der Waals surface area contributed by atoms with Crippen LogP contribution in [-0.2, 0) is 4.79 Å². The maximum atomic E-state index is 9.99. The van der Waals surface area contributed by atoms with Gasteiger partial charge in [0, 0.05) is 19.6 Å². The fraction of sp³-hybridized carbons (Fsp3) is 0.750. The van der Waals surface area contributed by atoms with E-state index in [-0.39, 0.29) is 12.2 Å². The number of hydrogen-bond donors (Lipinski definition) is 2. The highest BCUT2D eigenvalue weighted by Gasteiger charge is 1.87. The van der Waals surface area contributed by atoms with Crippen LogP contribution in [0, 0.1) is 0 Å². The Morgan fingerprint density at radius 1 is 1.75 bits per heavy atom. The second kappa shape index (κ2) is 4.81. The third-order valence-corrected chi connectivity index (χ3v) is 0.620. The molecule has 0 aromatic rings. The monoisotopic (exact) mass is 112 g/mol. The molecule has 44 valence electrons. The number of carbonyl (C=O) groups is 1. The zero-order valence-corrected chi connectivity index (χ0v) is 4.68. The van der Waals surface area contributed by atoms with Crippen LogP contribution in [0.2, 0.25) is 0 Å². The molecule has 0 aromatic heterocycles. The van der Waals surface area contributed by atoms with E-state index in [0.717, 1.165) is 0 Å². The van der Waals surface area contributed by atoms with Crippen molar-refractivity contribution >= 4 is 13.5 Å². The Balaban J connectivity index is 2.82. The summed E-state index contributed by atoms with van der Waals surface area (Å²) < 4.78 is 0. The van der Waals surface area contributed by atoms with E-state index in [2.05, 4.69) is 5.32 Å². The molecule has 0 aliphatic heterocycles. The van der Waals surface area contributed by atoms with E-state index in [1.807, 2.05) is 0 Å². The Hall–Kier alpha value is -0.345. The van der Waals surface area contributed by atoms with E-state index in [1.54, 1.807) is 0 Å². The molecule has 0 fully saturated rings. The predicted octanol–water partition coefficient (Wildman–Crippen LogP) is -1.77. The van der Waals surface area contributed by atoms with Crippen LogP contribution < -0.4 is 11.1 Å². The van der Waals surface area contributed by atoms with Gasteiger partial charge < -0.3 is 15.8 Å². The number of hydrogen-bond acceptors (Lipinski definition) is 3. The fourth-order valence-electron chi connectivity index (χ4n) is 0.314. The fourth-order valence-corrected chi connectivity index (χ4v) is 0.314. The van der Waals surface area contributed by atoms with Gasteiger partial charge in [-0.3, -0.25) is 0 Å². The highest BCUT2D eigenvalue weighted by Crippen LogP contribution is 1.56. The van der Waals surface area contributed by atoms with Gasteiger partial charge in [-0.05, 0) is 0 Å². The molecule has 0 heterocycles. The lowest BCUT2D eigenvalue weighted by molar-refractivity contribution is -0.111. The first kappa shape index (κ1) is 7.65.